The zero-order chi connectivity index (χ0) is 16.0. The van der Waals surface area contributed by atoms with Gasteiger partial charge in [0.2, 0.25) is 0 Å². The minimum absolute atomic E-state index is 0.299. The van der Waals surface area contributed by atoms with Crippen molar-refractivity contribution in [3.05, 3.63) is 34.6 Å². The molecule has 21 heavy (non-hydrogen) atoms. The van der Waals surface area contributed by atoms with Gasteiger partial charge < -0.3 is 15.0 Å². The molecule has 0 aromatic heterocycles. The van der Waals surface area contributed by atoms with Crippen LogP contribution in [0.5, 0.6) is 0 Å². The smallest absolute Gasteiger partial charge is 0.410 e. The van der Waals surface area contributed by atoms with E-state index in [2.05, 4.69) is 5.32 Å². The molecule has 1 rings (SSSR count). The van der Waals surface area contributed by atoms with Crippen LogP contribution in [0, 0.1) is 5.82 Å². The molecule has 0 heterocycles. The van der Waals surface area contributed by atoms with E-state index < -0.39 is 5.60 Å². The van der Waals surface area contributed by atoms with Crippen molar-refractivity contribution < 1.29 is 13.9 Å². The number of carbonyl (C=O) groups is 1. The molecule has 1 amide bonds. The predicted octanol–water partition coefficient (Wildman–Crippen LogP) is 3.44. The Morgan fingerprint density at radius 1 is 1.43 bits per heavy atom. The highest BCUT2D eigenvalue weighted by molar-refractivity contribution is 6.30. The summed E-state index contributed by atoms with van der Waals surface area (Å²) in [6.45, 7) is 6.81. The molecule has 0 unspecified atom stereocenters. The second kappa shape index (κ2) is 7.61. The fourth-order valence-corrected chi connectivity index (χ4v) is 1.77. The number of likely N-dealkylation sites (N-methyl/N-ethyl adjacent to an activating group) is 1. The molecule has 0 aliphatic carbocycles. The monoisotopic (exact) mass is 316 g/mol. The van der Waals surface area contributed by atoms with Crippen LogP contribution in [0.3, 0.4) is 0 Å². The lowest BCUT2D eigenvalue weighted by Gasteiger charge is -2.24. The molecule has 1 aromatic carbocycles. The van der Waals surface area contributed by atoms with Crippen LogP contribution in [-0.4, -0.2) is 36.7 Å². The van der Waals surface area contributed by atoms with Crippen LogP contribution < -0.4 is 5.32 Å². The topological polar surface area (TPSA) is 41.6 Å². The first-order valence-electron chi connectivity index (χ1n) is 6.78. The third kappa shape index (κ3) is 6.78. The van der Waals surface area contributed by atoms with Gasteiger partial charge in [-0.3, -0.25) is 0 Å². The number of carbonyl (C=O) groups excluding carboxylic acids is 1. The summed E-state index contributed by atoms with van der Waals surface area (Å²) in [4.78, 5) is 13.2. The maximum Gasteiger partial charge on any atom is 0.410 e. The molecule has 0 spiro atoms. The largest absolute Gasteiger partial charge is 0.444 e. The number of nitrogens with one attached hydrogen (secondary N) is 1. The molecule has 0 fully saturated rings. The van der Waals surface area contributed by atoms with E-state index in [0.29, 0.717) is 30.2 Å². The van der Waals surface area contributed by atoms with Gasteiger partial charge >= 0.3 is 6.09 Å². The van der Waals surface area contributed by atoms with Gasteiger partial charge in [-0.1, -0.05) is 11.6 Å². The average molecular weight is 317 g/mol. The fourth-order valence-electron chi connectivity index (χ4n) is 1.58. The molecule has 118 valence electrons. The van der Waals surface area contributed by atoms with Crippen molar-refractivity contribution in [2.24, 2.45) is 0 Å². The standard InChI is InChI=1S/C15H22ClFN2O2/c1-15(2,3)21-14(20)19(4)8-7-18-10-11-9-12(16)5-6-13(11)17/h5-6,9,18H,7-8,10H2,1-4H3. The number of ether oxygens (including phenoxy) is 1. The Bertz CT molecular complexity index is 489. The number of benzene rings is 1. The number of rotatable bonds is 5. The summed E-state index contributed by atoms with van der Waals surface area (Å²) in [6.07, 6.45) is -0.377. The van der Waals surface area contributed by atoms with Crippen molar-refractivity contribution >= 4 is 17.7 Å². The van der Waals surface area contributed by atoms with Gasteiger partial charge in [0.1, 0.15) is 11.4 Å². The van der Waals surface area contributed by atoms with Gasteiger partial charge in [0, 0.05) is 37.3 Å². The highest BCUT2D eigenvalue weighted by Crippen LogP contribution is 2.14. The summed E-state index contributed by atoms with van der Waals surface area (Å²) in [5, 5.41) is 3.57. The van der Waals surface area contributed by atoms with Crippen molar-refractivity contribution in [1.29, 1.82) is 0 Å². The summed E-state index contributed by atoms with van der Waals surface area (Å²) in [6, 6.07) is 4.43. The summed E-state index contributed by atoms with van der Waals surface area (Å²) >= 11 is 5.82. The Labute approximate surface area is 130 Å². The van der Waals surface area contributed by atoms with Crippen LogP contribution in [0.4, 0.5) is 9.18 Å². The second-order valence-electron chi connectivity index (χ2n) is 5.81. The van der Waals surface area contributed by atoms with E-state index in [0.717, 1.165) is 0 Å². The Morgan fingerprint density at radius 2 is 2.10 bits per heavy atom. The first-order valence-corrected chi connectivity index (χ1v) is 7.15. The van der Waals surface area contributed by atoms with Gasteiger partial charge in [0.05, 0.1) is 0 Å². The van der Waals surface area contributed by atoms with Crippen molar-refractivity contribution in [2.75, 3.05) is 20.1 Å². The van der Waals surface area contributed by atoms with Crippen LogP contribution in [0.2, 0.25) is 5.02 Å². The Kier molecular flexibility index (Phi) is 6.42. The van der Waals surface area contributed by atoms with E-state index in [1.54, 1.807) is 13.1 Å². The molecule has 0 aliphatic heterocycles. The number of nitrogens with zero attached hydrogens (tertiary/aromatic N) is 1. The number of hydrogen-bond donors (Lipinski definition) is 1. The average Bonchev–Trinajstić information content (AvgIpc) is 2.36. The molecular formula is C15H22ClFN2O2. The highest BCUT2D eigenvalue weighted by atomic mass is 35.5. The normalized spacial score (nSPS) is 11.3. The van der Waals surface area contributed by atoms with Crippen molar-refractivity contribution in [3.8, 4) is 0 Å². The fraction of sp³-hybridized carbons (Fsp3) is 0.533. The van der Waals surface area contributed by atoms with E-state index in [1.165, 1.54) is 17.0 Å². The van der Waals surface area contributed by atoms with Crippen molar-refractivity contribution in [1.82, 2.24) is 10.2 Å². The first-order chi connectivity index (χ1) is 9.69. The highest BCUT2D eigenvalue weighted by Gasteiger charge is 2.19. The van der Waals surface area contributed by atoms with Crippen molar-refractivity contribution in [3.63, 3.8) is 0 Å². The molecule has 0 saturated carbocycles. The van der Waals surface area contributed by atoms with Gasteiger partial charge in [-0.2, -0.15) is 0 Å². The van der Waals surface area contributed by atoms with Gasteiger partial charge in [0.15, 0.2) is 0 Å². The second-order valence-corrected chi connectivity index (χ2v) is 6.25. The van der Waals surface area contributed by atoms with Crippen LogP contribution in [0.1, 0.15) is 26.3 Å². The van der Waals surface area contributed by atoms with E-state index >= 15 is 0 Å². The molecule has 4 nitrogen and oxygen atoms in total. The molecule has 0 radical (unpaired) electrons. The molecule has 0 saturated heterocycles. The molecule has 0 atom stereocenters. The lowest BCUT2D eigenvalue weighted by Crippen LogP contribution is -2.37. The Hall–Kier alpha value is -1.33. The third-order valence-corrected chi connectivity index (χ3v) is 2.89. The molecular weight excluding hydrogens is 295 g/mol. The van der Waals surface area contributed by atoms with Gasteiger partial charge in [-0.25, -0.2) is 9.18 Å². The minimum Gasteiger partial charge on any atom is -0.444 e. The van der Waals surface area contributed by atoms with Gasteiger partial charge in [-0.15, -0.1) is 0 Å². The summed E-state index contributed by atoms with van der Waals surface area (Å²) in [5.74, 6) is -0.299. The molecule has 6 heteroatoms. The van der Waals surface area contributed by atoms with Crippen LogP contribution in [0.25, 0.3) is 0 Å². The maximum atomic E-state index is 13.5. The van der Waals surface area contributed by atoms with E-state index in [1.807, 2.05) is 20.8 Å². The van der Waals surface area contributed by atoms with E-state index in [9.17, 15) is 9.18 Å². The van der Waals surface area contributed by atoms with Gasteiger partial charge in [-0.05, 0) is 39.0 Å². The number of halogens is 2. The van der Waals surface area contributed by atoms with Crippen LogP contribution in [-0.2, 0) is 11.3 Å². The third-order valence-electron chi connectivity index (χ3n) is 2.65. The molecule has 1 aromatic rings. The summed E-state index contributed by atoms with van der Waals surface area (Å²) in [5.41, 5.74) is -0.00898. The predicted molar refractivity (Wildman–Crippen MR) is 82.0 cm³/mol. The van der Waals surface area contributed by atoms with E-state index in [4.69, 9.17) is 16.3 Å². The zero-order valence-electron chi connectivity index (χ0n) is 12.9. The molecule has 1 N–H and O–H groups in total. The first kappa shape index (κ1) is 17.7. The Balaban J connectivity index is 2.34. The number of hydrogen-bond acceptors (Lipinski definition) is 3. The maximum absolute atomic E-state index is 13.5. The minimum atomic E-state index is -0.511. The Morgan fingerprint density at radius 3 is 2.71 bits per heavy atom. The number of amides is 1. The summed E-state index contributed by atoms with van der Waals surface area (Å²) < 4.78 is 18.7. The van der Waals surface area contributed by atoms with Crippen LogP contribution >= 0.6 is 11.6 Å². The SMILES string of the molecule is CN(CCNCc1cc(Cl)ccc1F)C(=O)OC(C)(C)C. The quantitative estimate of drug-likeness (QED) is 0.846. The molecule has 0 aliphatic rings. The zero-order valence-corrected chi connectivity index (χ0v) is 13.6. The van der Waals surface area contributed by atoms with Gasteiger partial charge in [0.25, 0.3) is 0 Å². The lowest BCUT2D eigenvalue weighted by molar-refractivity contribution is 0.0300. The molecule has 0 bridgehead atoms. The van der Waals surface area contributed by atoms with Crippen LogP contribution in [0.15, 0.2) is 18.2 Å². The van der Waals surface area contributed by atoms with E-state index in [-0.39, 0.29) is 11.9 Å². The summed E-state index contributed by atoms with van der Waals surface area (Å²) in [7, 11) is 1.66. The lowest BCUT2D eigenvalue weighted by atomic mass is 10.2. The van der Waals surface area contributed by atoms with Crippen molar-refractivity contribution in [2.45, 2.75) is 32.9 Å².